The number of nitrogens with one attached hydrogen (secondary N) is 1. The van der Waals surface area contributed by atoms with E-state index in [0.717, 1.165) is 12.1 Å². The van der Waals surface area contributed by atoms with Gasteiger partial charge in [0.15, 0.2) is 5.69 Å². The Morgan fingerprint density at radius 3 is 2.60 bits per heavy atom. The van der Waals surface area contributed by atoms with Gasteiger partial charge in [-0.1, -0.05) is 22.9 Å². The molecule has 0 radical (unpaired) electrons. The molecule has 0 saturated heterocycles. The van der Waals surface area contributed by atoms with E-state index in [2.05, 4.69) is 15.4 Å². The molecule has 1 aromatic heterocycles. The minimum atomic E-state index is -4.60. The van der Waals surface area contributed by atoms with E-state index in [1.807, 2.05) is 0 Å². The Bertz CT molecular complexity index is 962. The van der Waals surface area contributed by atoms with Crippen molar-refractivity contribution in [2.45, 2.75) is 6.18 Å². The lowest BCUT2D eigenvalue weighted by Crippen LogP contribution is -2.05. The molecular formula is C16H8ClF3N4O. The zero-order valence-corrected chi connectivity index (χ0v) is 13.1. The third-order valence-electron chi connectivity index (χ3n) is 3.20. The summed E-state index contributed by atoms with van der Waals surface area (Å²) in [5.74, 6) is 0.206. The van der Waals surface area contributed by atoms with Crippen molar-refractivity contribution in [3.05, 3.63) is 58.7 Å². The van der Waals surface area contributed by atoms with Crippen LogP contribution in [0.15, 0.2) is 42.5 Å². The molecule has 0 spiro atoms. The Hall–Kier alpha value is -3.05. The molecule has 1 N–H and O–H groups in total. The molecule has 25 heavy (non-hydrogen) atoms. The summed E-state index contributed by atoms with van der Waals surface area (Å²) in [4.78, 5) is 0. The van der Waals surface area contributed by atoms with Crippen LogP contribution in [0.1, 0.15) is 11.3 Å². The van der Waals surface area contributed by atoms with Crippen molar-refractivity contribution in [2.75, 3.05) is 0 Å². The fourth-order valence-corrected chi connectivity index (χ4v) is 2.31. The van der Waals surface area contributed by atoms with E-state index in [4.69, 9.17) is 21.6 Å². The number of aromatic amines is 1. The number of hydrogen-bond acceptors (Lipinski definition) is 4. The number of H-pyrrole nitrogens is 1. The van der Waals surface area contributed by atoms with Gasteiger partial charge in [0.05, 0.1) is 5.56 Å². The largest absolute Gasteiger partial charge is 0.457 e. The first-order valence-electron chi connectivity index (χ1n) is 6.84. The summed E-state index contributed by atoms with van der Waals surface area (Å²) < 4.78 is 45.0. The van der Waals surface area contributed by atoms with Crippen molar-refractivity contribution in [3.8, 4) is 28.8 Å². The van der Waals surface area contributed by atoms with Crippen molar-refractivity contribution in [1.82, 2.24) is 15.4 Å². The third-order valence-corrected chi connectivity index (χ3v) is 3.43. The normalized spacial score (nSPS) is 11.2. The second kappa shape index (κ2) is 6.45. The molecule has 2 aromatic carbocycles. The zero-order valence-electron chi connectivity index (χ0n) is 12.3. The highest BCUT2D eigenvalue weighted by Crippen LogP contribution is 2.37. The minimum absolute atomic E-state index is 0.00421. The first kappa shape index (κ1) is 16.8. The molecule has 0 bridgehead atoms. The fourth-order valence-electron chi connectivity index (χ4n) is 2.13. The Balaban J connectivity index is 2.09. The van der Waals surface area contributed by atoms with E-state index in [0.29, 0.717) is 5.02 Å². The third kappa shape index (κ3) is 3.72. The Morgan fingerprint density at radius 2 is 1.92 bits per heavy atom. The minimum Gasteiger partial charge on any atom is -0.457 e. The SMILES string of the molecule is N#Cc1[nH]nnc1-c1cc(Oc2cccc(Cl)c2)cc(C(F)(F)F)c1. The maximum absolute atomic E-state index is 13.2. The molecule has 0 unspecified atom stereocenters. The number of rotatable bonds is 3. The molecule has 9 heteroatoms. The van der Waals surface area contributed by atoms with Gasteiger partial charge in [-0.3, -0.25) is 0 Å². The summed E-state index contributed by atoms with van der Waals surface area (Å²) in [7, 11) is 0. The monoisotopic (exact) mass is 364 g/mol. The van der Waals surface area contributed by atoms with Crippen molar-refractivity contribution in [1.29, 1.82) is 5.26 Å². The molecule has 0 aliphatic heterocycles. The standard InChI is InChI=1S/C16H8ClF3N4O/c17-11-2-1-3-12(7-11)25-13-5-9(4-10(6-13)16(18,19)20)15-14(8-21)22-24-23-15/h1-7H,(H,22,23,24). The van der Waals surface area contributed by atoms with Gasteiger partial charge in [-0.05, 0) is 36.4 Å². The molecule has 0 atom stereocenters. The highest BCUT2D eigenvalue weighted by atomic mass is 35.5. The second-order valence-corrected chi connectivity index (χ2v) is 5.39. The van der Waals surface area contributed by atoms with Gasteiger partial charge in [0.1, 0.15) is 23.3 Å². The van der Waals surface area contributed by atoms with Gasteiger partial charge in [-0.25, -0.2) is 5.10 Å². The van der Waals surface area contributed by atoms with Crippen molar-refractivity contribution in [2.24, 2.45) is 0 Å². The summed E-state index contributed by atoms with van der Waals surface area (Å²) in [5.41, 5.74) is -0.927. The number of alkyl halides is 3. The van der Waals surface area contributed by atoms with E-state index in [1.54, 1.807) is 24.3 Å². The fraction of sp³-hybridized carbons (Fsp3) is 0.0625. The molecule has 0 saturated carbocycles. The first-order chi connectivity index (χ1) is 11.9. The lowest BCUT2D eigenvalue weighted by Gasteiger charge is -2.12. The Kier molecular flexibility index (Phi) is 4.33. The van der Waals surface area contributed by atoms with E-state index in [1.165, 1.54) is 12.1 Å². The highest BCUT2D eigenvalue weighted by molar-refractivity contribution is 6.30. The lowest BCUT2D eigenvalue weighted by molar-refractivity contribution is -0.137. The van der Waals surface area contributed by atoms with Crippen molar-refractivity contribution >= 4 is 11.6 Å². The average Bonchev–Trinajstić information content (AvgIpc) is 3.02. The summed E-state index contributed by atoms with van der Waals surface area (Å²) >= 11 is 5.85. The van der Waals surface area contributed by atoms with Crippen LogP contribution in [0.5, 0.6) is 11.5 Å². The number of halogens is 4. The number of benzene rings is 2. The Morgan fingerprint density at radius 1 is 1.12 bits per heavy atom. The molecule has 5 nitrogen and oxygen atoms in total. The van der Waals surface area contributed by atoms with Gasteiger partial charge < -0.3 is 4.74 Å². The van der Waals surface area contributed by atoms with Crippen LogP contribution >= 0.6 is 11.6 Å². The van der Waals surface area contributed by atoms with Crippen LogP contribution in [0.25, 0.3) is 11.3 Å². The second-order valence-electron chi connectivity index (χ2n) is 4.95. The van der Waals surface area contributed by atoms with E-state index in [-0.39, 0.29) is 28.5 Å². The maximum Gasteiger partial charge on any atom is 0.416 e. The lowest BCUT2D eigenvalue weighted by atomic mass is 10.1. The molecule has 3 aromatic rings. The van der Waals surface area contributed by atoms with Gasteiger partial charge in [0.2, 0.25) is 0 Å². The van der Waals surface area contributed by atoms with Gasteiger partial charge in [-0.2, -0.15) is 18.4 Å². The maximum atomic E-state index is 13.2. The average molecular weight is 365 g/mol. The van der Waals surface area contributed by atoms with Crippen LogP contribution in [-0.2, 0) is 6.18 Å². The first-order valence-corrected chi connectivity index (χ1v) is 7.22. The number of nitriles is 1. The molecule has 1 heterocycles. The molecule has 0 aliphatic carbocycles. The van der Waals surface area contributed by atoms with Gasteiger partial charge in [0, 0.05) is 10.6 Å². The topological polar surface area (TPSA) is 74.6 Å². The number of ether oxygens (including phenoxy) is 1. The summed E-state index contributed by atoms with van der Waals surface area (Å²) in [6.45, 7) is 0. The molecular weight excluding hydrogens is 357 g/mol. The van der Waals surface area contributed by atoms with Gasteiger partial charge >= 0.3 is 6.18 Å². The van der Waals surface area contributed by atoms with E-state index in [9.17, 15) is 13.2 Å². The van der Waals surface area contributed by atoms with Crippen LogP contribution < -0.4 is 4.74 Å². The van der Waals surface area contributed by atoms with Gasteiger partial charge in [0.25, 0.3) is 0 Å². The van der Waals surface area contributed by atoms with Crippen molar-refractivity contribution < 1.29 is 17.9 Å². The number of nitrogens with zero attached hydrogens (tertiary/aromatic N) is 3. The summed E-state index contributed by atoms with van der Waals surface area (Å²) in [5, 5.41) is 18.8. The smallest absolute Gasteiger partial charge is 0.416 e. The predicted octanol–water partition coefficient (Wildman–Crippen LogP) is 4.81. The zero-order chi connectivity index (χ0) is 18.0. The predicted molar refractivity (Wildman–Crippen MR) is 83.1 cm³/mol. The molecule has 3 rings (SSSR count). The molecule has 0 fully saturated rings. The quantitative estimate of drug-likeness (QED) is 0.723. The molecule has 0 amide bonds. The van der Waals surface area contributed by atoms with Crippen LogP contribution in [0.3, 0.4) is 0 Å². The van der Waals surface area contributed by atoms with Crippen LogP contribution in [0.2, 0.25) is 5.02 Å². The number of aromatic nitrogens is 3. The van der Waals surface area contributed by atoms with Crippen molar-refractivity contribution in [3.63, 3.8) is 0 Å². The van der Waals surface area contributed by atoms with Crippen LogP contribution in [-0.4, -0.2) is 15.4 Å². The Labute approximate surface area is 144 Å². The van der Waals surface area contributed by atoms with E-state index < -0.39 is 11.7 Å². The van der Waals surface area contributed by atoms with Crippen LogP contribution in [0.4, 0.5) is 13.2 Å². The molecule has 0 aliphatic rings. The number of hydrogen-bond donors (Lipinski definition) is 1. The van der Waals surface area contributed by atoms with Gasteiger partial charge in [-0.15, -0.1) is 5.10 Å². The summed E-state index contributed by atoms with van der Waals surface area (Å²) in [6.07, 6.45) is -4.60. The van der Waals surface area contributed by atoms with Crippen LogP contribution in [0, 0.1) is 11.3 Å². The van der Waals surface area contributed by atoms with E-state index >= 15 is 0 Å². The highest BCUT2D eigenvalue weighted by Gasteiger charge is 2.32. The molecule has 126 valence electrons. The summed E-state index contributed by atoms with van der Waals surface area (Å²) in [6, 6.07) is 11.1.